The van der Waals surface area contributed by atoms with Crippen LogP contribution in [0, 0.1) is 6.92 Å². The Hall–Kier alpha value is -1.80. The van der Waals surface area contributed by atoms with Gasteiger partial charge in [-0.1, -0.05) is 55.5 Å². The number of para-hydroxylation sites is 1. The van der Waals surface area contributed by atoms with Crippen LogP contribution in [0.4, 0.5) is 5.69 Å². The Labute approximate surface area is 128 Å². The Morgan fingerprint density at radius 1 is 1.00 bits per heavy atom. The minimum atomic E-state index is 0.348. The fourth-order valence-electron chi connectivity index (χ4n) is 2.89. The van der Waals surface area contributed by atoms with Crippen molar-refractivity contribution in [3.8, 4) is 0 Å². The van der Waals surface area contributed by atoms with Crippen molar-refractivity contribution in [2.75, 3.05) is 18.5 Å². The van der Waals surface area contributed by atoms with Gasteiger partial charge in [0.2, 0.25) is 0 Å². The van der Waals surface area contributed by atoms with E-state index in [1.807, 2.05) is 0 Å². The van der Waals surface area contributed by atoms with Crippen molar-refractivity contribution in [3.05, 3.63) is 65.7 Å². The summed E-state index contributed by atoms with van der Waals surface area (Å²) in [4.78, 5) is 2.33. The van der Waals surface area contributed by atoms with Crippen molar-refractivity contribution in [2.24, 2.45) is 5.73 Å². The molecule has 0 aliphatic heterocycles. The smallest absolute Gasteiger partial charge is 0.0414 e. The third-order valence-corrected chi connectivity index (χ3v) is 4.31. The van der Waals surface area contributed by atoms with Crippen LogP contribution < -0.4 is 10.6 Å². The van der Waals surface area contributed by atoms with E-state index in [1.165, 1.54) is 16.8 Å². The SMILES string of the molecule is Cc1ccccc1N(C)C(CN)CC(C)c1ccccc1. The quantitative estimate of drug-likeness (QED) is 0.869. The molecule has 0 heterocycles. The Morgan fingerprint density at radius 3 is 2.24 bits per heavy atom. The number of nitrogens with zero attached hydrogens (tertiary/aromatic N) is 1. The monoisotopic (exact) mass is 282 g/mol. The third-order valence-electron chi connectivity index (χ3n) is 4.31. The van der Waals surface area contributed by atoms with Crippen molar-refractivity contribution in [3.63, 3.8) is 0 Å². The number of aryl methyl sites for hydroxylation is 1. The van der Waals surface area contributed by atoms with Crippen LogP contribution in [0.25, 0.3) is 0 Å². The zero-order chi connectivity index (χ0) is 15.2. The Kier molecular flexibility index (Phi) is 5.40. The highest BCUT2D eigenvalue weighted by molar-refractivity contribution is 5.53. The minimum Gasteiger partial charge on any atom is -0.370 e. The highest BCUT2D eigenvalue weighted by atomic mass is 15.1. The van der Waals surface area contributed by atoms with Crippen LogP contribution in [0.3, 0.4) is 0 Å². The van der Waals surface area contributed by atoms with Gasteiger partial charge in [0, 0.05) is 25.3 Å². The lowest BCUT2D eigenvalue weighted by Crippen LogP contribution is -2.39. The predicted octanol–water partition coefficient (Wildman–Crippen LogP) is 3.95. The molecule has 0 aliphatic carbocycles. The van der Waals surface area contributed by atoms with E-state index in [0.717, 1.165) is 6.42 Å². The molecule has 2 aromatic rings. The molecule has 0 fully saturated rings. The average Bonchev–Trinajstić information content (AvgIpc) is 2.53. The molecule has 0 saturated heterocycles. The highest BCUT2D eigenvalue weighted by Gasteiger charge is 2.18. The Bertz CT molecular complexity index is 551. The van der Waals surface area contributed by atoms with Crippen LogP contribution in [0.5, 0.6) is 0 Å². The Balaban J connectivity index is 2.11. The largest absolute Gasteiger partial charge is 0.370 e. The van der Waals surface area contributed by atoms with E-state index in [0.29, 0.717) is 18.5 Å². The first-order valence-corrected chi connectivity index (χ1v) is 7.67. The molecule has 2 atom stereocenters. The molecular weight excluding hydrogens is 256 g/mol. The number of likely N-dealkylation sites (N-methyl/N-ethyl adjacent to an activating group) is 1. The maximum atomic E-state index is 6.05. The molecule has 0 radical (unpaired) electrons. The highest BCUT2D eigenvalue weighted by Crippen LogP contribution is 2.26. The summed E-state index contributed by atoms with van der Waals surface area (Å²) < 4.78 is 0. The van der Waals surface area contributed by atoms with Gasteiger partial charge in [-0.25, -0.2) is 0 Å². The van der Waals surface area contributed by atoms with Gasteiger partial charge in [0.1, 0.15) is 0 Å². The molecule has 2 heteroatoms. The van der Waals surface area contributed by atoms with Gasteiger partial charge in [0.05, 0.1) is 0 Å². The molecule has 2 nitrogen and oxygen atoms in total. The topological polar surface area (TPSA) is 29.3 Å². The number of nitrogens with two attached hydrogens (primary N) is 1. The molecular formula is C19H26N2. The van der Waals surface area contributed by atoms with E-state index in [-0.39, 0.29) is 0 Å². The van der Waals surface area contributed by atoms with Crippen molar-refractivity contribution in [2.45, 2.75) is 32.2 Å². The summed E-state index contributed by atoms with van der Waals surface area (Å²) in [6.45, 7) is 5.10. The number of benzene rings is 2. The lowest BCUT2D eigenvalue weighted by molar-refractivity contribution is 0.535. The third kappa shape index (κ3) is 3.85. The van der Waals surface area contributed by atoms with Gasteiger partial charge in [-0.05, 0) is 36.5 Å². The summed E-state index contributed by atoms with van der Waals surface area (Å²) in [5, 5.41) is 0. The number of rotatable bonds is 6. The fraction of sp³-hybridized carbons (Fsp3) is 0.368. The standard InChI is InChI=1S/C19H26N2/c1-15-9-7-8-12-19(15)21(3)18(14-20)13-16(2)17-10-5-4-6-11-17/h4-12,16,18H,13-14,20H2,1-3H3. The van der Waals surface area contributed by atoms with Crippen molar-refractivity contribution < 1.29 is 0 Å². The summed E-state index contributed by atoms with van der Waals surface area (Å²) in [6.07, 6.45) is 1.06. The summed E-state index contributed by atoms with van der Waals surface area (Å²) >= 11 is 0. The summed E-state index contributed by atoms with van der Waals surface area (Å²) in [5.41, 5.74) is 10.00. The van der Waals surface area contributed by atoms with E-state index in [1.54, 1.807) is 0 Å². The van der Waals surface area contributed by atoms with Gasteiger partial charge in [-0.15, -0.1) is 0 Å². The van der Waals surface area contributed by atoms with E-state index >= 15 is 0 Å². The summed E-state index contributed by atoms with van der Waals surface area (Å²) in [5.74, 6) is 0.506. The molecule has 0 amide bonds. The lowest BCUT2D eigenvalue weighted by atomic mass is 9.93. The molecule has 0 spiro atoms. The zero-order valence-electron chi connectivity index (χ0n) is 13.3. The van der Waals surface area contributed by atoms with Crippen molar-refractivity contribution in [1.29, 1.82) is 0 Å². The second-order valence-electron chi connectivity index (χ2n) is 5.83. The molecule has 0 saturated carbocycles. The van der Waals surface area contributed by atoms with Crippen LogP contribution >= 0.6 is 0 Å². The first-order chi connectivity index (χ1) is 10.1. The van der Waals surface area contributed by atoms with Gasteiger partial charge in [-0.3, -0.25) is 0 Å². The minimum absolute atomic E-state index is 0.348. The van der Waals surface area contributed by atoms with Gasteiger partial charge in [0.25, 0.3) is 0 Å². The summed E-state index contributed by atoms with van der Waals surface area (Å²) in [6, 6.07) is 19.5. The van der Waals surface area contributed by atoms with Crippen LogP contribution in [0.1, 0.15) is 30.4 Å². The first kappa shape index (κ1) is 15.6. The molecule has 0 aromatic heterocycles. The Morgan fingerprint density at radius 2 is 1.62 bits per heavy atom. The van der Waals surface area contributed by atoms with Crippen molar-refractivity contribution >= 4 is 5.69 Å². The number of hydrogen-bond acceptors (Lipinski definition) is 2. The second kappa shape index (κ2) is 7.28. The maximum Gasteiger partial charge on any atom is 0.0414 e. The molecule has 2 rings (SSSR count). The van der Waals surface area contributed by atoms with E-state index in [2.05, 4.69) is 80.4 Å². The zero-order valence-corrected chi connectivity index (χ0v) is 13.3. The van der Waals surface area contributed by atoms with Gasteiger partial charge >= 0.3 is 0 Å². The number of anilines is 1. The predicted molar refractivity (Wildman–Crippen MR) is 91.9 cm³/mol. The summed E-state index contributed by atoms with van der Waals surface area (Å²) in [7, 11) is 2.15. The van der Waals surface area contributed by atoms with E-state index in [9.17, 15) is 0 Å². The fourth-order valence-corrected chi connectivity index (χ4v) is 2.89. The lowest BCUT2D eigenvalue weighted by Gasteiger charge is -2.32. The number of hydrogen-bond donors (Lipinski definition) is 1. The van der Waals surface area contributed by atoms with Gasteiger partial charge < -0.3 is 10.6 Å². The molecule has 2 aromatic carbocycles. The van der Waals surface area contributed by atoms with E-state index in [4.69, 9.17) is 5.73 Å². The average molecular weight is 282 g/mol. The molecule has 2 unspecified atom stereocenters. The van der Waals surface area contributed by atoms with Crippen molar-refractivity contribution in [1.82, 2.24) is 0 Å². The van der Waals surface area contributed by atoms with Crippen LogP contribution in [0.2, 0.25) is 0 Å². The second-order valence-corrected chi connectivity index (χ2v) is 5.83. The van der Waals surface area contributed by atoms with E-state index < -0.39 is 0 Å². The van der Waals surface area contributed by atoms with Crippen LogP contribution in [-0.4, -0.2) is 19.6 Å². The molecule has 112 valence electrons. The van der Waals surface area contributed by atoms with Crippen LogP contribution in [0.15, 0.2) is 54.6 Å². The maximum absolute atomic E-state index is 6.05. The van der Waals surface area contributed by atoms with Gasteiger partial charge in [-0.2, -0.15) is 0 Å². The molecule has 21 heavy (non-hydrogen) atoms. The van der Waals surface area contributed by atoms with Gasteiger partial charge in [0.15, 0.2) is 0 Å². The normalized spacial score (nSPS) is 13.7. The first-order valence-electron chi connectivity index (χ1n) is 7.67. The van der Waals surface area contributed by atoms with Crippen LogP contribution in [-0.2, 0) is 0 Å². The molecule has 0 aliphatic rings. The molecule has 2 N–H and O–H groups in total. The molecule has 0 bridgehead atoms.